The van der Waals surface area contributed by atoms with Gasteiger partial charge in [0.15, 0.2) is 0 Å². The van der Waals surface area contributed by atoms with Gasteiger partial charge >= 0.3 is 0 Å². The second-order valence-electron chi connectivity index (χ2n) is 4.62. The van der Waals surface area contributed by atoms with Crippen molar-refractivity contribution in [3.63, 3.8) is 0 Å². The van der Waals surface area contributed by atoms with Gasteiger partial charge in [-0.05, 0) is 26.8 Å². The summed E-state index contributed by atoms with van der Waals surface area (Å²) in [4.78, 5) is 0. The van der Waals surface area contributed by atoms with Crippen molar-refractivity contribution in [2.75, 3.05) is 5.32 Å². The molecule has 0 aliphatic rings. The van der Waals surface area contributed by atoms with Crippen LogP contribution in [-0.2, 0) is 13.6 Å². The van der Waals surface area contributed by atoms with Crippen molar-refractivity contribution in [1.29, 1.82) is 0 Å². The lowest BCUT2D eigenvalue weighted by molar-refractivity contribution is 0.612. The molecular weight excluding hydrogens is 229 g/mol. The summed E-state index contributed by atoms with van der Waals surface area (Å²) in [5.74, 6) is -0.174. The van der Waals surface area contributed by atoms with E-state index in [9.17, 15) is 4.39 Å². The molecule has 0 amide bonds. The van der Waals surface area contributed by atoms with E-state index in [0.717, 1.165) is 22.6 Å². The van der Waals surface area contributed by atoms with Crippen LogP contribution < -0.4 is 5.32 Å². The Hall–Kier alpha value is -1.84. The zero-order valence-electron chi connectivity index (χ0n) is 11.2. The van der Waals surface area contributed by atoms with Crippen LogP contribution in [0.5, 0.6) is 0 Å². The number of hydrogen-bond acceptors (Lipinski definition) is 2. The fourth-order valence-electron chi connectivity index (χ4n) is 2.05. The quantitative estimate of drug-likeness (QED) is 0.903. The van der Waals surface area contributed by atoms with E-state index in [1.165, 1.54) is 6.07 Å². The molecule has 0 aliphatic carbocycles. The Labute approximate surface area is 107 Å². The van der Waals surface area contributed by atoms with Crippen LogP contribution in [0.3, 0.4) is 0 Å². The topological polar surface area (TPSA) is 29.9 Å². The molecule has 96 valence electrons. The molecule has 3 nitrogen and oxygen atoms in total. The van der Waals surface area contributed by atoms with Crippen molar-refractivity contribution in [2.45, 2.75) is 27.3 Å². The van der Waals surface area contributed by atoms with Gasteiger partial charge in [0, 0.05) is 19.2 Å². The maximum atomic E-state index is 13.6. The molecule has 0 bridgehead atoms. The Morgan fingerprint density at radius 2 is 2.00 bits per heavy atom. The maximum absolute atomic E-state index is 13.6. The minimum absolute atomic E-state index is 0.174. The Morgan fingerprint density at radius 3 is 2.61 bits per heavy atom. The number of aryl methyl sites for hydroxylation is 3. The van der Waals surface area contributed by atoms with Crippen molar-refractivity contribution in [1.82, 2.24) is 9.78 Å². The molecule has 1 aromatic heterocycles. The molecular formula is C14H18FN3. The lowest BCUT2D eigenvalue weighted by Gasteiger charge is -2.08. The Kier molecular flexibility index (Phi) is 3.36. The van der Waals surface area contributed by atoms with Crippen LogP contribution in [0.2, 0.25) is 0 Å². The molecule has 1 N–H and O–H groups in total. The summed E-state index contributed by atoms with van der Waals surface area (Å²) in [5, 5.41) is 7.59. The molecule has 1 heterocycles. The molecule has 0 saturated carbocycles. The summed E-state index contributed by atoms with van der Waals surface area (Å²) in [6.07, 6.45) is 0. The van der Waals surface area contributed by atoms with Gasteiger partial charge in [-0.25, -0.2) is 4.39 Å². The van der Waals surface area contributed by atoms with Crippen LogP contribution in [0.25, 0.3) is 0 Å². The Bertz CT molecular complexity index is 573. The summed E-state index contributed by atoms with van der Waals surface area (Å²) in [7, 11) is 1.90. The highest BCUT2D eigenvalue weighted by Gasteiger charge is 2.09. The summed E-state index contributed by atoms with van der Waals surface area (Å²) < 4.78 is 15.4. The van der Waals surface area contributed by atoms with Gasteiger partial charge < -0.3 is 5.32 Å². The average Bonchev–Trinajstić information content (AvgIpc) is 2.55. The van der Waals surface area contributed by atoms with Crippen LogP contribution in [-0.4, -0.2) is 9.78 Å². The van der Waals surface area contributed by atoms with Gasteiger partial charge in [-0.15, -0.1) is 0 Å². The fourth-order valence-corrected chi connectivity index (χ4v) is 2.05. The highest BCUT2D eigenvalue weighted by molar-refractivity contribution is 5.52. The van der Waals surface area contributed by atoms with Crippen LogP contribution in [0.15, 0.2) is 18.2 Å². The normalized spacial score (nSPS) is 10.7. The molecule has 0 radical (unpaired) electrons. The smallest absolute Gasteiger partial charge is 0.128 e. The number of benzene rings is 1. The molecule has 1 aromatic carbocycles. The number of aromatic nitrogens is 2. The van der Waals surface area contributed by atoms with Crippen LogP contribution in [0.4, 0.5) is 10.1 Å². The van der Waals surface area contributed by atoms with E-state index < -0.39 is 0 Å². The van der Waals surface area contributed by atoms with Crippen molar-refractivity contribution in [2.24, 2.45) is 7.05 Å². The highest BCUT2D eigenvalue weighted by atomic mass is 19.1. The number of halogens is 1. The summed E-state index contributed by atoms with van der Waals surface area (Å²) >= 11 is 0. The third kappa shape index (κ3) is 2.37. The predicted molar refractivity (Wildman–Crippen MR) is 71.1 cm³/mol. The largest absolute Gasteiger partial charge is 0.378 e. The van der Waals surface area contributed by atoms with Crippen LogP contribution in [0, 0.1) is 26.6 Å². The minimum atomic E-state index is -0.174. The first-order valence-corrected chi connectivity index (χ1v) is 5.98. The SMILES string of the molecule is Cc1ccc(F)c(CNc2c(C)nn(C)c2C)c1. The number of rotatable bonds is 3. The number of hydrogen-bond donors (Lipinski definition) is 1. The van der Waals surface area contributed by atoms with E-state index in [4.69, 9.17) is 0 Å². The predicted octanol–water partition coefficient (Wildman–Crippen LogP) is 3.10. The summed E-state index contributed by atoms with van der Waals surface area (Å²) in [5.41, 5.74) is 4.72. The molecule has 0 unspecified atom stereocenters. The van der Waals surface area contributed by atoms with Crippen molar-refractivity contribution in [3.8, 4) is 0 Å². The van der Waals surface area contributed by atoms with Gasteiger partial charge in [0.05, 0.1) is 17.1 Å². The van der Waals surface area contributed by atoms with E-state index in [1.807, 2.05) is 38.6 Å². The first-order chi connectivity index (χ1) is 8.49. The number of nitrogens with one attached hydrogen (secondary N) is 1. The Morgan fingerprint density at radius 1 is 1.28 bits per heavy atom. The first kappa shape index (κ1) is 12.6. The summed E-state index contributed by atoms with van der Waals surface area (Å²) in [6, 6.07) is 5.15. The van der Waals surface area contributed by atoms with E-state index in [1.54, 1.807) is 6.07 Å². The second kappa shape index (κ2) is 4.80. The highest BCUT2D eigenvalue weighted by Crippen LogP contribution is 2.20. The second-order valence-corrected chi connectivity index (χ2v) is 4.62. The van der Waals surface area contributed by atoms with Crippen molar-refractivity contribution >= 4 is 5.69 Å². The molecule has 0 spiro atoms. The van der Waals surface area contributed by atoms with Gasteiger partial charge in [-0.1, -0.05) is 17.7 Å². The van der Waals surface area contributed by atoms with E-state index in [2.05, 4.69) is 10.4 Å². The molecule has 2 rings (SSSR count). The fraction of sp³-hybridized carbons (Fsp3) is 0.357. The molecule has 0 aliphatic heterocycles. The van der Waals surface area contributed by atoms with Gasteiger partial charge in [0.25, 0.3) is 0 Å². The van der Waals surface area contributed by atoms with Crippen LogP contribution >= 0.6 is 0 Å². The molecule has 0 saturated heterocycles. The molecule has 0 atom stereocenters. The Balaban J connectivity index is 2.19. The monoisotopic (exact) mass is 247 g/mol. The van der Waals surface area contributed by atoms with E-state index in [0.29, 0.717) is 12.1 Å². The summed E-state index contributed by atoms with van der Waals surface area (Å²) in [6.45, 7) is 6.38. The molecule has 0 fully saturated rings. The zero-order chi connectivity index (χ0) is 13.3. The average molecular weight is 247 g/mol. The molecule has 4 heteroatoms. The van der Waals surface area contributed by atoms with Gasteiger partial charge in [0.2, 0.25) is 0 Å². The maximum Gasteiger partial charge on any atom is 0.128 e. The zero-order valence-corrected chi connectivity index (χ0v) is 11.2. The molecule has 2 aromatic rings. The molecule has 18 heavy (non-hydrogen) atoms. The third-order valence-corrected chi connectivity index (χ3v) is 3.17. The van der Waals surface area contributed by atoms with E-state index >= 15 is 0 Å². The third-order valence-electron chi connectivity index (χ3n) is 3.17. The number of anilines is 1. The number of nitrogens with zero attached hydrogens (tertiary/aromatic N) is 2. The van der Waals surface area contributed by atoms with Gasteiger partial charge in [-0.3, -0.25) is 4.68 Å². The van der Waals surface area contributed by atoms with Gasteiger partial charge in [0.1, 0.15) is 5.82 Å². The van der Waals surface area contributed by atoms with Gasteiger partial charge in [-0.2, -0.15) is 5.10 Å². The van der Waals surface area contributed by atoms with Crippen molar-refractivity contribution in [3.05, 3.63) is 46.5 Å². The van der Waals surface area contributed by atoms with Crippen LogP contribution in [0.1, 0.15) is 22.5 Å². The lowest BCUT2D eigenvalue weighted by atomic mass is 10.1. The lowest BCUT2D eigenvalue weighted by Crippen LogP contribution is -2.04. The van der Waals surface area contributed by atoms with E-state index in [-0.39, 0.29) is 5.82 Å². The minimum Gasteiger partial charge on any atom is -0.378 e. The van der Waals surface area contributed by atoms with Crippen molar-refractivity contribution < 1.29 is 4.39 Å². The standard InChI is InChI=1S/C14H18FN3/c1-9-5-6-13(15)12(7-9)8-16-14-10(2)17-18(4)11(14)3/h5-7,16H,8H2,1-4H3. The first-order valence-electron chi connectivity index (χ1n) is 5.98.